The molecule has 0 aliphatic heterocycles. The largest absolute Gasteiger partial charge is 0.491 e. The summed E-state index contributed by atoms with van der Waals surface area (Å²) in [7, 11) is 0. The Morgan fingerprint density at radius 2 is 1.80 bits per heavy atom. The van der Waals surface area contributed by atoms with Crippen molar-refractivity contribution < 1.29 is 9.47 Å². The maximum Gasteiger partial charge on any atom is 0.119 e. The topological polar surface area (TPSA) is 30.5 Å². The van der Waals surface area contributed by atoms with Crippen LogP contribution in [0.15, 0.2) is 24.3 Å². The number of nitrogens with one attached hydrogen (secondary N) is 1. The van der Waals surface area contributed by atoms with E-state index in [4.69, 9.17) is 9.47 Å². The predicted octanol–water partition coefficient (Wildman–Crippen LogP) is 3.52. The zero-order chi connectivity index (χ0) is 14.4. The van der Waals surface area contributed by atoms with Crippen LogP contribution >= 0.6 is 0 Å². The SMILES string of the molecule is CC(C)(C)NCc1ccc(OCCOC2CCC2)cc1. The Hall–Kier alpha value is -1.06. The Morgan fingerprint density at radius 3 is 2.35 bits per heavy atom. The Kier molecular flexibility index (Phi) is 5.44. The maximum atomic E-state index is 5.68. The predicted molar refractivity (Wildman–Crippen MR) is 82.1 cm³/mol. The van der Waals surface area contributed by atoms with E-state index in [0.717, 1.165) is 12.3 Å². The second-order valence-electron chi connectivity index (χ2n) is 6.52. The Bertz CT molecular complexity index is 390. The van der Waals surface area contributed by atoms with Gasteiger partial charge in [-0.05, 0) is 57.7 Å². The molecule has 0 aromatic heterocycles. The van der Waals surface area contributed by atoms with Crippen molar-refractivity contribution in [3.63, 3.8) is 0 Å². The van der Waals surface area contributed by atoms with E-state index in [2.05, 4.69) is 38.2 Å². The van der Waals surface area contributed by atoms with E-state index in [-0.39, 0.29) is 5.54 Å². The minimum Gasteiger partial charge on any atom is -0.491 e. The van der Waals surface area contributed by atoms with Crippen molar-refractivity contribution in [1.82, 2.24) is 5.32 Å². The van der Waals surface area contributed by atoms with Crippen LogP contribution in [0.1, 0.15) is 45.6 Å². The number of benzene rings is 1. The van der Waals surface area contributed by atoms with Crippen molar-refractivity contribution >= 4 is 0 Å². The normalized spacial score (nSPS) is 15.9. The highest BCUT2D eigenvalue weighted by atomic mass is 16.5. The lowest BCUT2D eigenvalue weighted by Crippen LogP contribution is -2.35. The molecule has 0 unspecified atom stereocenters. The highest BCUT2D eigenvalue weighted by molar-refractivity contribution is 5.27. The van der Waals surface area contributed by atoms with E-state index in [1.54, 1.807) is 0 Å². The minimum atomic E-state index is 0.147. The van der Waals surface area contributed by atoms with Crippen LogP contribution < -0.4 is 10.1 Å². The van der Waals surface area contributed by atoms with Crippen LogP contribution in [0.2, 0.25) is 0 Å². The molecule has 2 rings (SSSR count). The van der Waals surface area contributed by atoms with Crippen LogP contribution in [-0.2, 0) is 11.3 Å². The lowest BCUT2D eigenvalue weighted by Gasteiger charge is -2.25. The summed E-state index contributed by atoms with van der Waals surface area (Å²) in [6.45, 7) is 8.73. The molecule has 1 fully saturated rings. The molecule has 0 atom stereocenters. The van der Waals surface area contributed by atoms with Crippen molar-refractivity contribution in [2.75, 3.05) is 13.2 Å². The number of hydrogen-bond acceptors (Lipinski definition) is 3. The Labute approximate surface area is 122 Å². The maximum absolute atomic E-state index is 5.68. The third kappa shape index (κ3) is 5.51. The molecule has 20 heavy (non-hydrogen) atoms. The molecule has 0 spiro atoms. The quantitative estimate of drug-likeness (QED) is 0.774. The second-order valence-corrected chi connectivity index (χ2v) is 6.52. The molecular weight excluding hydrogens is 250 g/mol. The summed E-state index contributed by atoms with van der Waals surface area (Å²) in [6, 6.07) is 8.29. The summed E-state index contributed by atoms with van der Waals surface area (Å²) in [4.78, 5) is 0. The summed E-state index contributed by atoms with van der Waals surface area (Å²) < 4.78 is 11.3. The molecule has 1 aromatic rings. The highest BCUT2D eigenvalue weighted by Gasteiger charge is 2.17. The third-order valence-electron chi connectivity index (χ3n) is 3.50. The molecule has 0 bridgehead atoms. The highest BCUT2D eigenvalue weighted by Crippen LogP contribution is 2.21. The lowest BCUT2D eigenvalue weighted by atomic mass is 9.96. The lowest BCUT2D eigenvalue weighted by molar-refractivity contribution is -0.0103. The van der Waals surface area contributed by atoms with Gasteiger partial charge in [-0.3, -0.25) is 0 Å². The van der Waals surface area contributed by atoms with Crippen molar-refractivity contribution in [1.29, 1.82) is 0 Å². The van der Waals surface area contributed by atoms with E-state index in [1.807, 2.05) is 12.1 Å². The van der Waals surface area contributed by atoms with E-state index >= 15 is 0 Å². The van der Waals surface area contributed by atoms with Gasteiger partial charge >= 0.3 is 0 Å². The van der Waals surface area contributed by atoms with Crippen LogP contribution in [0.3, 0.4) is 0 Å². The first-order valence-corrected chi connectivity index (χ1v) is 7.61. The van der Waals surface area contributed by atoms with Crippen LogP contribution in [0.5, 0.6) is 5.75 Å². The third-order valence-corrected chi connectivity index (χ3v) is 3.50. The van der Waals surface area contributed by atoms with Gasteiger partial charge in [0.05, 0.1) is 12.7 Å². The summed E-state index contributed by atoms with van der Waals surface area (Å²) in [5.41, 5.74) is 1.42. The zero-order valence-electron chi connectivity index (χ0n) is 12.9. The molecule has 1 aliphatic carbocycles. The summed E-state index contributed by atoms with van der Waals surface area (Å²) in [5.74, 6) is 0.918. The minimum absolute atomic E-state index is 0.147. The van der Waals surface area contributed by atoms with Crippen LogP contribution in [0.4, 0.5) is 0 Å². The molecule has 0 saturated heterocycles. The summed E-state index contributed by atoms with van der Waals surface area (Å²) >= 11 is 0. The van der Waals surface area contributed by atoms with Gasteiger partial charge in [-0.2, -0.15) is 0 Å². The van der Waals surface area contributed by atoms with Gasteiger partial charge in [0, 0.05) is 12.1 Å². The fraction of sp³-hybridized carbons (Fsp3) is 0.647. The van der Waals surface area contributed by atoms with Gasteiger partial charge in [-0.1, -0.05) is 12.1 Å². The van der Waals surface area contributed by atoms with Crippen molar-refractivity contribution in [3.8, 4) is 5.75 Å². The number of rotatable bonds is 7. The molecule has 3 heteroatoms. The van der Waals surface area contributed by atoms with Gasteiger partial charge in [-0.25, -0.2) is 0 Å². The molecule has 1 N–H and O–H groups in total. The molecular formula is C17H27NO2. The van der Waals surface area contributed by atoms with E-state index in [0.29, 0.717) is 19.3 Å². The molecule has 3 nitrogen and oxygen atoms in total. The Morgan fingerprint density at radius 1 is 1.10 bits per heavy atom. The Balaban J connectivity index is 1.65. The first kappa shape index (κ1) is 15.3. The van der Waals surface area contributed by atoms with Gasteiger partial charge in [-0.15, -0.1) is 0 Å². The molecule has 0 heterocycles. The van der Waals surface area contributed by atoms with E-state index in [9.17, 15) is 0 Å². The van der Waals surface area contributed by atoms with E-state index < -0.39 is 0 Å². The monoisotopic (exact) mass is 277 g/mol. The molecule has 1 aromatic carbocycles. The summed E-state index contributed by atoms with van der Waals surface area (Å²) in [5, 5.41) is 3.47. The van der Waals surface area contributed by atoms with E-state index in [1.165, 1.54) is 24.8 Å². The van der Waals surface area contributed by atoms with Crippen LogP contribution in [0.25, 0.3) is 0 Å². The van der Waals surface area contributed by atoms with Crippen LogP contribution in [0, 0.1) is 0 Å². The van der Waals surface area contributed by atoms with Gasteiger partial charge in [0.15, 0.2) is 0 Å². The molecule has 0 amide bonds. The number of hydrogen-bond donors (Lipinski definition) is 1. The zero-order valence-corrected chi connectivity index (χ0v) is 12.9. The van der Waals surface area contributed by atoms with Crippen LogP contribution in [-0.4, -0.2) is 24.9 Å². The first-order chi connectivity index (χ1) is 9.53. The van der Waals surface area contributed by atoms with Crippen molar-refractivity contribution in [2.24, 2.45) is 0 Å². The van der Waals surface area contributed by atoms with Crippen molar-refractivity contribution in [2.45, 2.75) is 58.2 Å². The smallest absolute Gasteiger partial charge is 0.119 e. The fourth-order valence-corrected chi connectivity index (χ4v) is 1.98. The van der Waals surface area contributed by atoms with Gasteiger partial charge in [0.2, 0.25) is 0 Å². The van der Waals surface area contributed by atoms with Gasteiger partial charge < -0.3 is 14.8 Å². The van der Waals surface area contributed by atoms with Gasteiger partial charge in [0.1, 0.15) is 12.4 Å². The average Bonchev–Trinajstić information content (AvgIpc) is 2.34. The van der Waals surface area contributed by atoms with Crippen molar-refractivity contribution in [3.05, 3.63) is 29.8 Å². The molecule has 0 radical (unpaired) electrons. The first-order valence-electron chi connectivity index (χ1n) is 7.61. The van der Waals surface area contributed by atoms with Gasteiger partial charge in [0.25, 0.3) is 0 Å². The second kappa shape index (κ2) is 7.09. The molecule has 1 saturated carbocycles. The average molecular weight is 277 g/mol. The molecule has 1 aliphatic rings. The fourth-order valence-electron chi connectivity index (χ4n) is 1.98. The standard InChI is InChI=1S/C17H27NO2/c1-17(2,3)18-13-14-7-9-16(10-8-14)20-12-11-19-15-5-4-6-15/h7-10,15,18H,4-6,11-13H2,1-3H3. The summed E-state index contributed by atoms with van der Waals surface area (Å²) in [6.07, 6.45) is 4.24. The number of ether oxygens (including phenoxy) is 2. The molecule has 112 valence electrons.